The lowest BCUT2D eigenvalue weighted by Crippen LogP contribution is -2.39. The smallest absolute Gasteiger partial charge is 0.225 e. The molecule has 0 saturated carbocycles. The average molecular weight is 378 g/mol. The van der Waals surface area contributed by atoms with E-state index in [1.165, 1.54) is 12.1 Å². The SMILES string of the molecule is CC(C)C(=O)N(Cc1ccc(F)cc1F)C[C@H]1CC(c2cccs2)=NO1. The summed E-state index contributed by atoms with van der Waals surface area (Å²) in [6.07, 6.45) is 0.312. The molecule has 3 rings (SSSR count). The Bertz CT molecular complexity index is 806. The van der Waals surface area contributed by atoms with Crippen molar-refractivity contribution >= 4 is 23.0 Å². The fraction of sp³-hybridized carbons (Fsp3) is 0.368. The Morgan fingerprint density at radius 1 is 1.38 bits per heavy atom. The molecule has 1 aliphatic rings. The van der Waals surface area contributed by atoms with E-state index in [0.717, 1.165) is 16.7 Å². The molecule has 0 spiro atoms. The van der Waals surface area contributed by atoms with Crippen molar-refractivity contribution in [3.05, 3.63) is 57.8 Å². The van der Waals surface area contributed by atoms with Crippen LogP contribution >= 0.6 is 11.3 Å². The van der Waals surface area contributed by atoms with Gasteiger partial charge in [-0.15, -0.1) is 11.3 Å². The van der Waals surface area contributed by atoms with E-state index in [1.807, 2.05) is 17.5 Å². The second-order valence-corrected chi connectivity index (χ2v) is 7.50. The largest absolute Gasteiger partial charge is 0.390 e. The second kappa shape index (κ2) is 7.95. The number of rotatable bonds is 6. The van der Waals surface area contributed by atoms with Gasteiger partial charge >= 0.3 is 0 Å². The Balaban J connectivity index is 1.70. The highest BCUT2D eigenvalue weighted by Gasteiger charge is 2.28. The molecule has 0 radical (unpaired) electrons. The maximum Gasteiger partial charge on any atom is 0.225 e. The lowest BCUT2D eigenvalue weighted by molar-refractivity contribution is -0.137. The van der Waals surface area contributed by atoms with Gasteiger partial charge in [-0.25, -0.2) is 8.78 Å². The first-order valence-electron chi connectivity index (χ1n) is 8.43. The molecule has 0 fully saturated rings. The van der Waals surface area contributed by atoms with E-state index in [4.69, 9.17) is 4.84 Å². The third-order valence-electron chi connectivity index (χ3n) is 4.14. The number of benzene rings is 1. The number of halogens is 2. The van der Waals surface area contributed by atoms with Crippen molar-refractivity contribution in [2.75, 3.05) is 6.54 Å². The van der Waals surface area contributed by atoms with Crippen LogP contribution in [0, 0.1) is 17.6 Å². The Morgan fingerprint density at radius 3 is 2.85 bits per heavy atom. The average Bonchev–Trinajstić information content (AvgIpc) is 3.27. The molecule has 2 heterocycles. The van der Waals surface area contributed by atoms with E-state index in [9.17, 15) is 13.6 Å². The lowest BCUT2D eigenvalue weighted by Gasteiger charge is -2.26. The molecule has 26 heavy (non-hydrogen) atoms. The van der Waals surface area contributed by atoms with Gasteiger partial charge in [0.15, 0.2) is 6.10 Å². The fourth-order valence-electron chi connectivity index (χ4n) is 2.81. The summed E-state index contributed by atoms with van der Waals surface area (Å²) in [6.45, 7) is 3.95. The highest BCUT2D eigenvalue weighted by molar-refractivity contribution is 7.12. The third kappa shape index (κ3) is 4.27. The highest BCUT2D eigenvalue weighted by Crippen LogP contribution is 2.22. The van der Waals surface area contributed by atoms with Crippen LogP contribution in [0.3, 0.4) is 0 Å². The summed E-state index contributed by atoms with van der Waals surface area (Å²) in [5.41, 5.74) is 1.13. The van der Waals surface area contributed by atoms with Gasteiger partial charge in [0.25, 0.3) is 0 Å². The summed E-state index contributed by atoms with van der Waals surface area (Å²) >= 11 is 1.58. The monoisotopic (exact) mass is 378 g/mol. The number of oxime groups is 1. The number of hydrogen-bond acceptors (Lipinski definition) is 4. The number of nitrogens with zero attached hydrogens (tertiary/aromatic N) is 2. The van der Waals surface area contributed by atoms with Crippen LogP contribution in [0.4, 0.5) is 8.78 Å². The topological polar surface area (TPSA) is 41.9 Å². The first-order valence-corrected chi connectivity index (χ1v) is 9.31. The Hall–Kier alpha value is -2.28. The summed E-state index contributed by atoms with van der Waals surface area (Å²) in [7, 11) is 0. The van der Waals surface area contributed by atoms with Crippen molar-refractivity contribution in [2.24, 2.45) is 11.1 Å². The van der Waals surface area contributed by atoms with Crippen LogP contribution < -0.4 is 0 Å². The van der Waals surface area contributed by atoms with Crippen LogP contribution in [-0.4, -0.2) is 29.2 Å². The van der Waals surface area contributed by atoms with Crippen LogP contribution in [0.15, 0.2) is 40.9 Å². The standard InChI is InChI=1S/C19H20F2N2O2S/c1-12(2)19(24)23(10-13-5-6-14(20)8-16(13)21)11-15-9-17(22-25-15)18-4-3-7-26-18/h3-8,12,15H,9-11H2,1-2H3/t15-/m1/s1. The minimum Gasteiger partial charge on any atom is -0.390 e. The highest BCUT2D eigenvalue weighted by atomic mass is 32.1. The Morgan fingerprint density at radius 2 is 2.19 bits per heavy atom. The molecule has 0 aliphatic carbocycles. The number of carbonyl (C=O) groups is 1. The van der Waals surface area contributed by atoms with Gasteiger partial charge in [-0.3, -0.25) is 4.79 Å². The molecule has 0 bridgehead atoms. The van der Waals surface area contributed by atoms with Gasteiger partial charge in [-0.2, -0.15) is 0 Å². The maximum atomic E-state index is 14.0. The van der Waals surface area contributed by atoms with Gasteiger partial charge in [0.05, 0.1) is 11.4 Å². The summed E-state index contributed by atoms with van der Waals surface area (Å²) < 4.78 is 27.1. The summed E-state index contributed by atoms with van der Waals surface area (Å²) in [5.74, 6) is -1.64. The van der Waals surface area contributed by atoms with E-state index in [1.54, 1.807) is 30.1 Å². The normalized spacial score (nSPS) is 16.5. The molecule has 1 amide bonds. The molecule has 0 unspecified atom stereocenters. The van der Waals surface area contributed by atoms with Gasteiger partial charge in [0, 0.05) is 30.5 Å². The van der Waals surface area contributed by atoms with Crippen molar-refractivity contribution in [2.45, 2.75) is 32.9 Å². The van der Waals surface area contributed by atoms with Crippen LogP contribution in [0.1, 0.15) is 30.7 Å². The zero-order valence-corrected chi connectivity index (χ0v) is 15.4. The summed E-state index contributed by atoms with van der Waals surface area (Å²) in [5, 5.41) is 6.09. The summed E-state index contributed by atoms with van der Waals surface area (Å²) in [6, 6.07) is 7.31. The van der Waals surface area contributed by atoms with Gasteiger partial charge in [-0.1, -0.05) is 31.1 Å². The third-order valence-corrected chi connectivity index (χ3v) is 5.06. The van der Waals surface area contributed by atoms with E-state index in [-0.39, 0.29) is 30.0 Å². The number of amides is 1. The molecule has 1 atom stereocenters. The minimum atomic E-state index is -0.658. The molecule has 1 aromatic carbocycles. The number of thiophene rings is 1. The molecule has 2 aromatic rings. The number of hydrogen-bond donors (Lipinski definition) is 0. The molecule has 138 valence electrons. The predicted molar refractivity (Wildman–Crippen MR) is 97.0 cm³/mol. The zero-order valence-electron chi connectivity index (χ0n) is 14.6. The zero-order chi connectivity index (χ0) is 18.7. The van der Waals surface area contributed by atoms with Crippen molar-refractivity contribution in [1.29, 1.82) is 0 Å². The molecule has 7 heteroatoms. The van der Waals surface area contributed by atoms with Gasteiger partial charge < -0.3 is 9.74 Å². The quantitative estimate of drug-likeness (QED) is 0.756. The number of carbonyl (C=O) groups excluding carboxylic acids is 1. The molecule has 1 aromatic heterocycles. The maximum absolute atomic E-state index is 14.0. The molecule has 1 aliphatic heterocycles. The fourth-order valence-corrected chi connectivity index (χ4v) is 3.53. The molecule has 0 saturated heterocycles. The van der Waals surface area contributed by atoms with E-state index in [0.29, 0.717) is 13.0 Å². The van der Waals surface area contributed by atoms with Crippen LogP contribution in [0.25, 0.3) is 0 Å². The second-order valence-electron chi connectivity index (χ2n) is 6.56. The predicted octanol–water partition coefficient (Wildman–Crippen LogP) is 4.20. The lowest BCUT2D eigenvalue weighted by atomic mass is 10.1. The van der Waals surface area contributed by atoms with E-state index < -0.39 is 11.6 Å². The Labute approximate surface area is 155 Å². The first-order chi connectivity index (χ1) is 12.4. The van der Waals surface area contributed by atoms with Crippen LogP contribution in [0.5, 0.6) is 0 Å². The first kappa shape index (κ1) is 18.5. The van der Waals surface area contributed by atoms with Crippen LogP contribution in [0.2, 0.25) is 0 Å². The van der Waals surface area contributed by atoms with Crippen molar-refractivity contribution in [3.8, 4) is 0 Å². The van der Waals surface area contributed by atoms with E-state index >= 15 is 0 Å². The summed E-state index contributed by atoms with van der Waals surface area (Å²) in [4.78, 5) is 20.6. The molecule has 4 nitrogen and oxygen atoms in total. The minimum absolute atomic E-state index is 0.0668. The van der Waals surface area contributed by atoms with Crippen LogP contribution in [-0.2, 0) is 16.2 Å². The van der Waals surface area contributed by atoms with Gasteiger partial charge in [0.2, 0.25) is 5.91 Å². The Kier molecular flexibility index (Phi) is 5.66. The molecular weight excluding hydrogens is 358 g/mol. The van der Waals surface area contributed by atoms with Crippen molar-refractivity contribution in [3.63, 3.8) is 0 Å². The van der Waals surface area contributed by atoms with Gasteiger partial charge in [0.1, 0.15) is 17.3 Å². The molecular formula is C19H20F2N2O2S. The van der Waals surface area contributed by atoms with Crippen molar-refractivity contribution in [1.82, 2.24) is 4.90 Å². The van der Waals surface area contributed by atoms with Crippen molar-refractivity contribution < 1.29 is 18.4 Å². The van der Waals surface area contributed by atoms with E-state index in [2.05, 4.69) is 5.16 Å². The molecule has 0 N–H and O–H groups in total. The van der Waals surface area contributed by atoms with Gasteiger partial charge in [-0.05, 0) is 17.5 Å².